The van der Waals surface area contributed by atoms with Gasteiger partial charge in [0.2, 0.25) is 0 Å². The number of rotatable bonds is 7. The molecule has 0 radical (unpaired) electrons. The Morgan fingerprint density at radius 3 is 2.75 bits per heavy atom. The summed E-state index contributed by atoms with van der Waals surface area (Å²) in [6.45, 7) is 2.61. The van der Waals surface area contributed by atoms with E-state index in [2.05, 4.69) is 31.8 Å². The quantitative estimate of drug-likeness (QED) is 0.500. The van der Waals surface area contributed by atoms with Crippen molar-refractivity contribution in [2.45, 2.75) is 6.92 Å². The van der Waals surface area contributed by atoms with Gasteiger partial charge < -0.3 is 15.2 Å². The van der Waals surface area contributed by atoms with Gasteiger partial charge in [0.1, 0.15) is 11.5 Å². The molecule has 0 atom stereocenters. The second kappa shape index (κ2) is 8.93. The van der Waals surface area contributed by atoms with Gasteiger partial charge in [0.05, 0.1) is 19.4 Å². The molecule has 7 heteroatoms. The van der Waals surface area contributed by atoms with Crippen LogP contribution < -0.4 is 15.5 Å². The minimum atomic E-state index is -0.297. The van der Waals surface area contributed by atoms with E-state index < -0.39 is 0 Å². The van der Waals surface area contributed by atoms with Crippen molar-refractivity contribution in [3.63, 3.8) is 0 Å². The molecule has 0 saturated heterocycles. The zero-order valence-electron chi connectivity index (χ0n) is 13.1. The summed E-state index contributed by atoms with van der Waals surface area (Å²) in [5, 5.41) is 16.5. The predicted octanol–water partition coefficient (Wildman–Crippen LogP) is 3.12. The summed E-state index contributed by atoms with van der Waals surface area (Å²) in [4.78, 5) is 11.7. The molecular weight excluding hydrogens is 374 g/mol. The Hall–Kier alpha value is -2.54. The molecule has 126 valence electrons. The Labute approximate surface area is 148 Å². The van der Waals surface area contributed by atoms with Gasteiger partial charge in [-0.2, -0.15) is 5.10 Å². The Morgan fingerprint density at radius 1 is 1.29 bits per heavy atom. The smallest absolute Gasteiger partial charge is 0.259 e. The zero-order chi connectivity index (χ0) is 17.4. The van der Waals surface area contributed by atoms with Gasteiger partial charge in [-0.15, -0.1) is 0 Å². The summed E-state index contributed by atoms with van der Waals surface area (Å²) < 4.78 is 6.16. The minimum Gasteiger partial charge on any atom is -0.507 e. The maximum atomic E-state index is 11.7. The largest absolute Gasteiger partial charge is 0.507 e. The molecule has 1 amide bonds. The van der Waals surface area contributed by atoms with Crippen LogP contribution in [0.15, 0.2) is 52.0 Å². The highest BCUT2D eigenvalue weighted by atomic mass is 79.9. The van der Waals surface area contributed by atoms with Crippen molar-refractivity contribution in [2.24, 2.45) is 5.10 Å². The Balaban J connectivity index is 1.80. The van der Waals surface area contributed by atoms with Crippen molar-refractivity contribution >= 4 is 33.7 Å². The normalized spacial score (nSPS) is 10.6. The summed E-state index contributed by atoms with van der Waals surface area (Å²) in [6, 6.07) is 12.3. The SMILES string of the molecule is CCOc1ccc(NCC(=O)N/N=C/c2cc(Br)ccc2O)cc1. The third-order valence-electron chi connectivity index (χ3n) is 3.00. The van der Waals surface area contributed by atoms with E-state index >= 15 is 0 Å². The van der Waals surface area contributed by atoms with Gasteiger partial charge in [0.15, 0.2) is 0 Å². The number of halogens is 1. The molecule has 0 aromatic heterocycles. The number of hydrogen-bond acceptors (Lipinski definition) is 5. The number of anilines is 1. The lowest BCUT2D eigenvalue weighted by Crippen LogP contribution is -2.25. The molecule has 2 rings (SSSR count). The van der Waals surface area contributed by atoms with Crippen LogP contribution in [0.4, 0.5) is 5.69 Å². The number of phenolic OH excluding ortho intramolecular Hbond substituents is 1. The highest BCUT2D eigenvalue weighted by Crippen LogP contribution is 2.20. The maximum absolute atomic E-state index is 11.7. The van der Waals surface area contributed by atoms with E-state index in [1.807, 2.05) is 31.2 Å². The molecule has 0 aliphatic heterocycles. The van der Waals surface area contributed by atoms with Crippen LogP contribution in [0.25, 0.3) is 0 Å². The summed E-state index contributed by atoms with van der Waals surface area (Å²) in [6.07, 6.45) is 1.38. The zero-order valence-corrected chi connectivity index (χ0v) is 14.7. The van der Waals surface area contributed by atoms with Crippen LogP contribution in [0.2, 0.25) is 0 Å². The van der Waals surface area contributed by atoms with Crippen molar-refractivity contribution < 1.29 is 14.6 Å². The van der Waals surface area contributed by atoms with E-state index in [-0.39, 0.29) is 18.2 Å². The Bertz CT molecular complexity index is 718. The first kappa shape index (κ1) is 17.8. The number of phenols is 1. The van der Waals surface area contributed by atoms with Crippen LogP contribution in [0, 0.1) is 0 Å². The molecule has 24 heavy (non-hydrogen) atoms. The Kier molecular flexibility index (Phi) is 6.62. The van der Waals surface area contributed by atoms with E-state index in [0.717, 1.165) is 15.9 Å². The maximum Gasteiger partial charge on any atom is 0.259 e. The van der Waals surface area contributed by atoms with Gasteiger partial charge in [-0.25, -0.2) is 5.43 Å². The number of benzene rings is 2. The third-order valence-corrected chi connectivity index (χ3v) is 3.49. The van der Waals surface area contributed by atoms with Gasteiger partial charge in [0.25, 0.3) is 5.91 Å². The first-order chi connectivity index (χ1) is 11.6. The second-order valence-electron chi connectivity index (χ2n) is 4.81. The molecule has 6 nitrogen and oxygen atoms in total. The monoisotopic (exact) mass is 391 g/mol. The molecule has 0 aliphatic rings. The molecule has 0 saturated carbocycles. The molecule has 0 heterocycles. The van der Waals surface area contributed by atoms with Crippen LogP contribution in [0.5, 0.6) is 11.5 Å². The summed E-state index contributed by atoms with van der Waals surface area (Å²) in [7, 11) is 0. The lowest BCUT2D eigenvalue weighted by atomic mass is 10.2. The lowest BCUT2D eigenvalue weighted by Gasteiger charge is -2.07. The first-order valence-corrected chi connectivity index (χ1v) is 8.15. The van der Waals surface area contributed by atoms with Crippen molar-refractivity contribution in [1.82, 2.24) is 5.43 Å². The third kappa shape index (κ3) is 5.58. The fourth-order valence-corrected chi connectivity index (χ4v) is 2.24. The second-order valence-corrected chi connectivity index (χ2v) is 5.72. The van der Waals surface area contributed by atoms with E-state index in [0.29, 0.717) is 12.2 Å². The van der Waals surface area contributed by atoms with Crippen molar-refractivity contribution in [2.75, 3.05) is 18.5 Å². The van der Waals surface area contributed by atoms with Crippen molar-refractivity contribution in [3.05, 3.63) is 52.5 Å². The van der Waals surface area contributed by atoms with E-state index in [9.17, 15) is 9.90 Å². The average Bonchev–Trinajstić information content (AvgIpc) is 2.58. The summed E-state index contributed by atoms with van der Waals surface area (Å²) in [5.41, 5.74) is 3.71. The van der Waals surface area contributed by atoms with E-state index in [4.69, 9.17) is 4.74 Å². The molecule has 0 spiro atoms. The van der Waals surface area contributed by atoms with Gasteiger partial charge in [0, 0.05) is 15.7 Å². The fraction of sp³-hybridized carbons (Fsp3) is 0.176. The number of nitrogens with one attached hydrogen (secondary N) is 2. The van der Waals surface area contributed by atoms with E-state index in [1.165, 1.54) is 6.21 Å². The summed E-state index contributed by atoms with van der Waals surface area (Å²) in [5.74, 6) is 0.573. The lowest BCUT2D eigenvalue weighted by molar-refractivity contribution is -0.119. The van der Waals surface area contributed by atoms with E-state index in [1.54, 1.807) is 18.2 Å². The summed E-state index contributed by atoms with van der Waals surface area (Å²) >= 11 is 3.30. The number of amides is 1. The molecule has 0 aliphatic carbocycles. The average molecular weight is 392 g/mol. The number of carbonyl (C=O) groups excluding carboxylic acids is 1. The van der Waals surface area contributed by atoms with Crippen molar-refractivity contribution in [3.8, 4) is 11.5 Å². The highest BCUT2D eigenvalue weighted by molar-refractivity contribution is 9.10. The topological polar surface area (TPSA) is 83.0 Å². The number of aromatic hydroxyl groups is 1. The molecular formula is C17H18BrN3O3. The van der Waals surface area contributed by atoms with Gasteiger partial charge >= 0.3 is 0 Å². The first-order valence-electron chi connectivity index (χ1n) is 7.35. The molecule has 0 bridgehead atoms. The Morgan fingerprint density at radius 2 is 2.04 bits per heavy atom. The van der Waals surface area contributed by atoms with Crippen LogP contribution in [0.3, 0.4) is 0 Å². The number of nitrogens with zero attached hydrogens (tertiary/aromatic N) is 1. The van der Waals surface area contributed by atoms with Gasteiger partial charge in [-0.3, -0.25) is 4.79 Å². The number of hydrogen-bond donors (Lipinski definition) is 3. The molecule has 2 aromatic rings. The fourth-order valence-electron chi connectivity index (χ4n) is 1.86. The number of carbonyl (C=O) groups is 1. The van der Waals surface area contributed by atoms with Crippen LogP contribution in [-0.2, 0) is 4.79 Å². The number of ether oxygens (including phenoxy) is 1. The standard InChI is InChI=1S/C17H18BrN3O3/c1-2-24-15-6-4-14(5-7-15)19-11-17(23)21-20-10-12-9-13(18)3-8-16(12)22/h3-10,19,22H,2,11H2,1H3,(H,21,23)/b20-10+. The van der Waals surface area contributed by atoms with Crippen LogP contribution in [-0.4, -0.2) is 30.4 Å². The molecule has 3 N–H and O–H groups in total. The van der Waals surface area contributed by atoms with Gasteiger partial charge in [-0.05, 0) is 49.4 Å². The number of hydrazone groups is 1. The molecule has 0 unspecified atom stereocenters. The molecule has 2 aromatic carbocycles. The minimum absolute atomic E-state index is 0.0792. The van der Waals surface area contributed by atoms with Gasteiger partial charge in [-0.1, -0.05) is 15.9 Å². The highest BCUT2D eigenvalue weighted by Gasteiger charge is 2.01. The van der Waals surface area contributed by atoms with Crippen LogP contribution in [0.1, 0.15) is 12.5 Å². The van der Waals surface area contributed by atoms with Crippen molar-refractivity contribution in [1.29, 1.82) is 0 Å². The predicted molar refractivity (Wildman–Crippen MR) is 97.6 cm³/mol. The van der Waals surface area contributed by atoms with Crippen LogP contribution >= 0.6 is 15.9 Å². The molecule has 0 fully saturated rings.